The third-order valence-electron chi connectivity index (χ3n) is 4.55. The molecule has 1 amide bonds. The van der Waals surface area contributed by atoms with Crippen molar-refractivity contribution in [3.8, 4) is 0 Å². The zero-order chi connectivity index (χ0) is 22.2. The Morgan fingerprint density at radius 1 is 1.06 bits per heavy atom. The predicted molar refractivity (Wildman–Crippen MR) is 127 cm³/mol. The number of aliphatic imine (C=N–C) groups is 1. The number of allylic oxidation sites excluding steroid dienone is 1. The highest BCUT2D eigenvalue weighted by atomic mass is 16.1. The topological polar surface area (TPSA) is 92.4 Å². The van der Waals surface area contributed by atoms with Gasteiger partial charge in [-0.3, -0.25) is 9.78 Å². The molecule has 1 aromatic heterocycles. The van der Waals surface area contributed by atoms with Crippen molar-refractivity contribution in [1.29, 1.82) is 0 Å². The minimum atomic E-state index is -0.168. The molecule has 6 nitrogen and oxygen atoms in total. The van der Waals surface area contributed by atoms with Crippen LogP contribution in [0.2, 0.25) is 0 Å². The van der Waals surface area contributed by atoms with Gasteiger partial charge in [0.05, 0.1) is 5.71 Å². The van der Waals surface area contributed by atoms with Crippen molar-refractivity contribution in [3.63, 3.8) is 0 Å². The van der Waals surface area contributed by atoms with Crippen LogP contribution < -0.4 is 16.4 Å². The Kier molecular flexibility index (Phi) is 6.96. The monoisotopic (exact) mass is 411 g/mol. The molecule has 31 heavy (non-hydrogen) atoms. The summed E-state index contributed by atoms with van der Waals surface area (Å²) in [5, 5.41) is 6.13. The molecule has 6 heteroatoms. The van der Waals surface area contributed by atoms with Crippen LogP contribution in [0.4, 0.5) is 11.4 Å². The second kappa shape index (κ2) is 10.0. The Morgan fingerprint density at radius 3 is 2.52 bits per heavy atom. The first kappa shape index (κ1) is 21.5. The smallest absolute Gasteiger partial charge is 0.255 e. The molecule has 0 unspecified atom stereocenters. The lowest BCUT2D eigenvalue weighted by Crippen LogP contribution is -2.12. The van der Waals surface area contributed by atoms with Gasteiger partial charge in [0.2, 0.25) is 0 Å². The lowest BCUT2D eigenvalue weighted by atomic mass is 10.1. The van der Waals surface area contributed by atoms with Crippen LogP contribution in [0.5, 0.6) is 0 Å². The van der Waals surface area contributed by atoms with Crippen LogP contribution in [0.25, 0.3) is 0 Å². The summed E-state index contributed by atoms with van der Waals surface area (Å²) in [4.78, 5) is 21.2. The first-order valence-electron chi connectivity index (χ1n) is 9.78. The second-order valence-corrected chi connectivity index (χ2v) is 7.02. The SMILES string of the molecule is C=C(/N=C(\C=C/N)c1cccnc1)Nc1cc(NC(=O)c2ccc(C)cc2)ccc1C. The molecule has 0 aliphatic rings. The second-order valence-electron chi connectivity index (χ2n) is 7.02. The molecule has 0 saturated heterocycles. The first-order valence-corrected chi connectivity index (χ1v) is 9.78. The van der Waals surface area contributed by atoms with Crippen LogP contribution in [0.3, 0.4) is 0 Å². The van der Waals surface area contributed by atoms with Crippen LogP contribution in [0.15, 0.2) is 96.7 Å². The number of carbonyl (C=O) groups excluding carboxylic acids is 1. The molecule has 156 valence electrons. The molecule has 0 atom stereocenters. The highest BCUT2D eigenvalue weighted by Crippen LogP contribution is 2.22. The van der Waals surface area contributed by atoms with Gasteiger partial charge >= 0.3 is 0 Å². The van der Waals surface area contributed by atoms with E-state index in [9.17, 15) is 4.79 Å². The Hall–Kier alpha value is -4.19. The van der Waals surface area contributed by atoms with Crippen LogP contribution in [-0.2, 0) is 0 Å². The Labute approximate surface area is 182 Å². The van der Waals surface area contributed by atoms with Crippen molar-refractivity contribution in [2.24, 2.45) is 10.7 Å². The molecule has 0 aliphatic carbocycles. The summed E-state index contributed by atoms with van der Waals surface area (Å²) in [5.74, 6) is 0.265. The number of rotatable bonds is 7. The van der Waals surface area contributed by atoms with E-state index in [1.165, 1.54) is 6.20 Å². The molecule has 0 saturated carbocycles. The fourth-order valence-corrected chi connectivity index (χ4v) is 2.87. The van der Waals surface area contributed by atoms with E-state index in [2.05, 4.69) is 27.2 Å². The van der Waals surface area contributed by atoms with Gasteiger partial charge in [0, 0.05) is 34.9 Å². The molecule has 0 spiro atoms. The lowest BCUT2D eigenvalue weighted by Gasteiger charge is -2.13. The van der Waals surface area contributed by atoms with Gasteiger partial charge in [0.1, 0.15) is 5.82 Å². The number of anilines is 2. The number of nitrogens with two attached hydrogens (primary N) is 1. The molecule has 3 rings (SSSR count). The number of benzene rings is 2. The summed E-state index contributed by atoms with van der Waals surface area (Å²) in [6, 6.07) is 16.8. The van der Waals surface area contributed by atoms with Gasteiger partial charge in [-0.2, -0.15) is 0 Å². The molecule has 1 heterocycles. The van der Waals surface area contributed by atoms with E-state index in [0.717, 1.165) is 22.4 Å². The van der Waals surface area contributed by atoms with Gasteiger partial charge in [-0.15, -0.1) is 0 Å². The number of aryl methyl sites for hydroxylation is 2. The van der Waals surface area contributed by atoms with Crippen LogP contribution in [0.1, 0.15) is 27.0 Å². The zero-order valence-electron chi connectivity index (χ0n) is 17.6. The predicted octanol–water partition coefficient (Wildman–Crippen LogP) is 4.80. The zero-order valence-corrected chi connectivity index (χ0v) is 17.6. The van der Waals surface area contributed by atoms with Crippen molar-refractivity contribution in [3.05, 3.63) is 114 Å². The summed E-state index contributed by atoms with van der Waals surface area (Å²) >= 11 is 0. The normalized spacial score (nSPS) is 11.4. The molecule has 0 bridgehead atoms. The maximum atomic E-state index is 12.5. The van der Waals surface area contributed by atoms with Gasteiger partial charge in [-0.25, -0.2) is 4.99 Å². The summed E-state index contributed by atoms with van der Waals surface area (Å²) in [5.41, 5.74) is 11.2. The number of aromatic nitrogens is 1. The van der Waals surface area contributed by atoms with E-state index in [4.69, 9.17) is 5.73 Å². The van der Waals surface area contributed by atoms with Crippen molar-refractivity contribution in [2.75, 3.05) is 10.6 Å². The van der Waals surface area contributed by atoms with Gasteiger partial charge in [-0.1, -0.05) is 30.3 Å². The maximum absolute atomic E-state index is 12.5. The van der Waals surface area contributed by atoms with Gasteiger partial charge in [-0.05, 0) is 68.1 Å². The molecule has 2 aromatic carbocycles. The fraction of sp³-hybridized carbons (Fsp3) is 0.0800. The van der Waals surface area contributed by atoms with Gasteiger partial charge < -0.3 is 16.4 Å². The number of hydrogen-bond acceptors (Lipinski definition) is 5. The molecule has 3 aromatic rings. The van der Waals surface area contributed by atoms with Gasteiger partial charge in [0.15, 0.2) is 0 Å². The van der Waals surface area contributed by atoms with Crippen molar-refractivity contribution in [1.82, 2.24) is 4.98 Å². The Morgan fingerprint density at radius 2 is 1.84 bits per heavy atom. The third-order valence-corrected chi connectivity index (χ3v) is 4.55. The number of nitrogens with zero attached hydrogens (tertiary/aromatic N) is 2. The third kappa shape index (κ3) is 5.90. The molecule has 0 radical (unpaired) electrons. The lowest BCUT2D eigenvalue weighted by molar-refractivity contribution is 0.102. The number of pyridine rings is 1. The number of hydrogen-bond donors (Lipinski definition) is 3. The van der Waals surface area contributed by atoms with Crippen LogP contribution in [0, 0.1) is 13.8 Å². The van der Waals surface area contributed by atoms with Crippen LogP contribution in [-0.4, -0.2) is 16.6 Å². The number of amides is 1. The van der Waals surface area contributed by atoms with E-state index in [1.54, 1.807) is 30.6 Å². The average molecular weight is 412 g/mol. The summed E-state index contributed by atoms with van der Waals surface area (Å²) in [6.07, 6.45) is 6.51. The van der Waals surface area contributed by atoms with Crippen molar-refractivity contribution < 1.29 is 4.79 Å². The quantitative estimate of drug-likeness (QED) is 0.487. The van der Waals surface area contributed by atoms with E-state index >= 15 is 0 Å². The summed E-state index contributed by atoms with van der Waals surface area (Å²) in [6.45, 7) is 7.95. The Balaban J connectivity index is 1.77. The fourth-order valence-electron chi connectivity index (χ4n) is 2.87. The minimum absolute atomic E-state index is 0.168. The van der Waals surface area contributed by atoms with Crippen molar-refractivity contribution >= 4 is 23.0 Å². The minimum Gasteiger partial charge on any atom is -0.405 e. The summed E-state index contributed by atoms with van der Waals surface area (Å²) < 4.78 is 0. The van der Waals surface area contributed by atoms with Gasteiger partial charge in [0.25, 0.3) is 5.91 Å². The number of carbonyl (C=O) groups is 1. The van der Waals surface area contributed by atoms with E-state index in [1.807, 2.05) is 56.3 Å². The number of nitrogens with one attached hydrogen (secondary N) is 2. The maximum Gasteiger partial charge on any atom is 0.255 e. The molecule has 4 N–H and O–H groups in total. The van der Waals surface area contributed by atoms with E-state index in [0.29, 0.717) is 22.8 Å². The first-order chi connectivity index (χ1) is 15.0. The van der Waals surface area contributed by atoms with Crippen molar-refractivity contribution in [2.45, 2.75) is 13.8 Å². The Bertz CT molecular complexity index is 1130. The largest absolute Gasteiger partial charge is 0.405 e. The molecular weight excluding hydrogens is 386 g/mol. The van der Waals surface area contributed by atoms with Crippen LogP contribution >= 0.6 is 0 Å². The van der Waals surface area contributed by atoms with E-state index < -0.39 is 0 Å². The molecular formula is C25H25N5O. The average Bonchev–Trinajstić information content (AvgIpc) is 2.77. The summed E-state index contributed by atoms with van der Waals surface area (Å²) in [7, 11) is 0. The molecule has 0 aliphatic heterocycles. The molecule has 0 fully saturated rings. The standard InChI is InChI=1S/C25H25N5O/c1-17-6-9-20(10-7-17)25(31)30-22-11-8-18(2)24(15-22)29-19(3)28-23(12-13-26)21-5-4-14-27-16-21/h4-16,29H,3,26H2,1-2H3,(H,30,31)/b13-12-,28-23+. The van der Waals surface area contributed by atoms with E-state index in [-0.39, 0.29) is 5.91 Å². The highest BCUT2D eigenvalue weighted by Gasteiger charge is 2.08. The highest BCUT2D eigenvalue weighted by molar-refractivity contribution is 6.09.